The monoisotopic (exact) mass is 456 g/mol. The molecule has 168 valence electrons. The second kappa shape index (κ2) is 10.9. The van der Waals surface area contributed by atoms with Crippen LogP contribution in [0.1, 0.15) is 42.5 Å². The average molecular weight is 457 g/mol. The first-order valence-electron chi connectivity index (χ1n) is 10.9. The van der Waals surface area contributed by atoms with E-state index in [0.29, 0.717) is 25.2 Å². The summed E-state index contributed by atoms with van der Waals surface area (Å²) in [6, 6.07) is 4.50. The number of rotatable bonds is 7. The van der Waals surface area contributed by atoms with Gasteiger partial charge in [-0.2, -0.15) is 4.31 Å². The number of halogens is 1. The minimum absolute atomic E-state index is 0.0242. The Morgan fingerprint density at radius 3 is 2.37 bits per heavy atom. The summed E-state index contributed by atoms with van der Waals surface area (Å²) >= 11 is 6.22. The zero-order valence-electron chi connectivity index (χ0n) is 17.8. The molecule has 9 heteroatoms. The highest BCUT2D eigenvalue weighted by Gasteiger charge is 2.28. The smallest absolute Gasteiger partial charge is 0.251 e. The first kappa shape index (κ1) is 23.5. The van der Waals surface area contributed by atoms with E-state index in [0.717, 1.165) is 64.8 Å². The summed E-state index contributed by atoms with van der Waals surface area (Å²) in [6.45, 7) is 6.77. The van der Waals surface area contributed by atoms with E-state index in [1.54, 1.807) is 6.07 Å². The Balaban J connectivity index is 1.57. The first-order chi connectivity index (χ1) is 14.4. The van der Waals surface area contributed by atoms with E-state index in [4.69, 9.17) is 11.6 Å². The van der Waals surface area contributed by atoms with Crippen LogP contribution in [0.3, 0.4) is 0 Å². The maximum atomic E-state index is 13.1. The molecule has 0 radical (unpaired) electrons. The molecule has 30 heavy (non-hydrogen) atoms. The maximum absolute atomic E-state index is 13.1. The molecule has 1 aromatic carbocycles. The minimum atomic E-state index is -3.71. The quantitative estimate of drug-likeness (QED) is 0.637. The van der Waals surface area contributed by atoms with E-state index in [1.807, 2.05) is 0 Å². The lowest BCUT2D eigenvalue weighted by molar-refractivity contribution is 0.0949. The molecule has 0 bridgehead atoms. The Labute approximate surface area is 185 Å². The van der Waals surface area contributed by atoms with E-state index >= 15 is 0 Å². The summed E-state index contributed by atoms with van der Waals surface area (Å²) < 4.78 is 27.7. The zero-order chi connectivity index (χ0) is 21.6. The molecule has 0 saturated carbocycles. The highest BCUT2D eigenvalue weighted by Crippen LogP contribution is 2.27. The molecule has 2 fully saturated rings. The predicted octanol–water partition coefficient (Wildman–Crippen LogP) is 2.27. The standard InChI is InChI=1S/C21H33ClN4O3S/c1-24-13-15-25(16-14-24)10-6-9-23-21(27)18-7-8-19(22)20(17-18)30(28,29)26-11-4-2-3-5-12-26/h7-8,17H,2-6,9-16H2,1H3,(H,23,27). The van der Waals surface area contributed by atoms with E-state index in [-0.39, 0.29) is 15.8 Å². The van der Waals surface area contributed by atoms with Gasteiger partial charge in [0.05, 0.1) is 5.02 Å². The Hall–Kier alpha value is -1.19. The zero-order valence-corrected chi connectivity index (χ0v) is 19.3. The van der Waals surface area contributed by atoms with Crippen molar-refractivity contribution in [2.45, 2.75) is 37.0 Å². The number of hydrogen-bond donors (Lipinski definition) is 1. The van der Waals surface area contributed by atoms with Crippen molar-refractivity contribution < 1.29 is 13.2 Å². The molecule has 0 aromatic heterocycles. The van der Waals surface area contributed by atoms with Crippen LogP contribution in [-0.2, 0) is 10.0 Å². The molecule has 0 atom stereocenters. The van der Waals surface area contributed by atoms with Crippen molar-refractivity contribution in [1.29, 1.82) is 0 Å². The average Bonchev–Trinajstić information content (AvgIpc) is 3.03. The van der Waals surface area contributed by atoms with Crippen LogP contribution < -0.4 is 5.32 Å². The van der Waals surface area contributed by atoms with Crippen LogP contribution in [0.4, 0.5) is 0 Å². The van der Waals surface area contributed by atoms with Gasteiger partial charge in [0.1, 0.15) is 4.90 Å². The molecule has 3 rings (SSSR count). The topological polar surface area (TPSA) is 73.0 Å². The summed E-state index contributed by atoms with van der Waals surface area (Å²) in [7, 11) is -1.58. The van der Waals surface area contributed by atoms with Crippen molar-refractivity contribution in [2.75, 3.05) is 59.4 Å². The van der Waals surface area contributed by atoms with Gasteiger partial charge in [-0.25, -0.2) is 8.42 Å². The molecule has 0 aliphatic carbocycles. The third-order valence-corrected chi connectivity index (χ3v) is 8.29. The van der Waals surface area contributed by atoms with Crippen LogP contribution >= 0.6 is 11.6 Å². The molecule has 2 aliphatic heterocycles. The van der Waals surface area contributed by atoms with Gasteiger partial charge in [0.15, 0.2) is 0 Å². The van der Waals surface area contributed by atoms with Crippen molar-refractivity contribution in [1.82, 2.24) is 19.4 Å². The van der Waals surface area contributed by atoms with Gasteiger partial charge in [-0.15, -0.1) is 0 Å². The lowest BCUT2D eigenvalue weighted by Gasteiger charge is -2.32. The number of nitrogens with one attached hydrogen (secondary N) is 1. The predicted molar refractivity (Wildman–Crippen MR) is 120 cm³/mol. The lowest BCUT2D eigenvalue weighted by Crippen LogP contribution is -2.45. The second-order valence-electron chi connectivity index (χ2n) is 8.22. The second-order valence-corrected chi connectivity index (χ2v) is 10.5. The number of carbonyl (C=O) groups excluding carboxylic acids is 1. The van der Waals surface area contributed by atoms with Crippen molar-refractivity contribution in [3.8, 4) is 0 Å². The van der Waals surface area contributed by atoms with Crippen molar-refractivity contribution in [2.24, 2.45) is 0 Å². The highest BCUT2D eigenvalue weighted by molar-refractivity contribution is 7.89. The third kappa shape index (κ3) is 6.17. The lowest BCUT2D eigenvalue weighted by atomic mass is 10.2. The van der Waals surface area contributed by atoms with Gasteiger partial charge in [-0.3, -0.25) is 4.79 Å². The Morgan fingerprint density at radius 1 is 1.03 bits per heavy atom. The molecule has 0 spiro atoms. The van der Waals surface area contributed by atoms with E-state index < -0.39 is 10.0 Å². The molecule has 2 aliphatic rings. The van der Waals surface area contributed by atoms with Crippen molar-refractivity contribution in [3.05, 3.63) is 28.8 Å². The summed E-state index contributed by atoms with van der Waals surface area (Å²) in [5, 5.41) is 3.07. The van der Waals surface area contributed by atoms with Gasteiger partial charge in [-0.1, -0.05) is 24.4 Å². The van der Waals surface area contributed by atoms with Crippen LogP contribution in [0.25, 0.3) is 0 Å². The fraction of sp³-hybridized carbons (Fsp3) is 0.667. The minimum Gasteiger partial charge on any atom is -0.352 e. The van der Waals surface area contributed by atoms with Gasteiger partial charge >= 0.3 is 0 Å². The van der Waals surface area contributed by atoms with Crippen LogP contribution in [-0.4, -0.2) is 87.8 Å². The largest absolute Gasteiger partial charge is 0.352 e. The van der Waals surface area contributed by atoms with Crippen LogP contribution in [0, 0.1) is 0 Å². The number of hydrogen-bond acceptors (Lipinski definition) is 5. The Morgan fingerprint density at radius 2 is 1.70 bits per heavy atom. The molecule has 0 unspecified atom stereocenters. The molecule has 1 N–H and O–H groups in total. The van der Waals surface area contributed by atoms with E-state index in [1.165, 1.54) is 16.4 Å². The van der Waals surface area contributed by atoms with E-state index in [2.05, 4.69) is 22.2 Å². The fourth-order valence-corrected chi connectivity index (χ4v) is 5.96. The fourth-order valence-electron chi connectivity index (χ4n) is 3.94. The Bertz CT molecular complexity index is 818. The summed E-state index contributed by atoms with van der Waals surface area (Å²) in [6.07, 6.45) is 4.64. The number of carbonyl (C=O) groups is 1. The summed E-state index contributed by atoms with van der Waals surface area (Å²) in [5.41, 5.74) is 0.326. The number of nitrogens with zero attached hydrogens (tertiary/aromatic N) is 3. The molecular formula is C21H33ClN4O3S. The molecule has 2 heterocycles. The van der Waals surface area contributed by atoms with Crippen molar-refractivity contribution >= 4 is 27.5 Å². The summed E-state index contributed by atoms with van der Waals surface area (Å²) in [4.78, 5) is 17.3. The SMILES string of the molecule is CN1CCN(CCCNC(=O)c2ccc(Cl)c(S(=O)(=O)N3CCCCCC3)c2)CC1. The highest BCUT2D eigenvalue weighted by atomic mass is 35.5. The van der Waals surface area contributed by atoms with Gasteiger partial charge < -0.3 is 15.1 Å². The first-order valence-corrected chi connectivity index (χ1v) is 12.7. The molecule has 2 saturated heterocycles. The third-order valence-electron chi connectivity index (χ3n) is 5.91. The number of benzene rings is 1. The van der Waals surface area contributed by atoms with Gasteiger partial charge in [0, 0.05) is 51.4 Å². The van der Waals surface area contributed by atoms with Crippen molar-refractivity contribution in [3.63, 3.8) is 0 Å². The maximum Gasteiger partial charge on any atom is 0.251 e. The van der Waals surface area contributed by atoms with Crippen LogP contribution in [0.15, 0.2) is 23.1 Å². The molecule has 1 aromatic rings. The number of amides is 1. The normalized spacial score (nSPS) is 20.1. The number of likely N-dealkylation sites (N-methyl/N-ethyl adjacent to an activating group) is 1. The molecular weight excluding hydrogens is 424 g/mol. The molecule has 1 amide bonds. The number of piperazine rings is 1. The van der Waals surface area contributed by atoms with Gasteiger partial charge in [-0.05, 0) is 51.1 Å². The number of sulfonamides is 1. The van der Waals surface area contributed by atoms with Gasteiger partial charge in [0.25, 0.3) is 5.91 Å². The Kier molecular flexibility index (Phi) is 8.53. The van der Waals surface area contributed by atoms with E-state index in [9.17, 15) is 13.2 Å². The van der Waals surface area contributed by atoms with Crippen LogP contribution in [0.2, 0.25) is 5.02 Å². The summed E-state index contributed by atoms with van der Waals surface area (Å²) in [5.74, 6) is -0.266. The van der Waals surface area contributed by atoms with Crippen LogP contribution in [0.5, 0.6) is 0 Å². The molecule has 7 nitrogen and oxygen atoms in total. The van der Waals surface area contributed by atoms with Gasteiger partial charge in [0.2, 0.25) is 10.0 Å².